The number of nitrogens with one attached hydrogen (secondary N) is 2. The number of hydrogen-bond donors (Lipinski definition) is 2. The first-order valence-corrected chi connectivity index (χ1v) is 9.10. The van der Waals surface area contributed by atoms with Crippen LogP contribution in [0.5, 0.6) is 0 Å². The number of methoxy groups -OCH3 is 2. The highest BCUT2D eigenvalue weighted by atomic mass is 19.4. The van der Waals surface area contributed by atoms with Crippen LogP contribution >= 0.6 is 0 Å². The lowest BCUT2D eigenvalue weighted by atomic mass is 10.1. The van der Waals surface area contributed by atoms with Crippen LogP contribution in [0.1, 0.15) is 29.0 Å². The summed E-state index contributed by atoms with van der Waals surface area (Å²) >= 11 is 0. The Kier molecular flexibility index (Phi) is 6.14. The van der Waals surface area contributed by atoms with Gasteiger partial charge in [0, 0.05) is 22.7 Å². The minimum absolute atomic E-state index is 0.159. The Hall–Kier alpha value is -3.63. The topological polar surface area (TPSA) is 110 Å². The molecule has 0 aliphatic heterocycles. The van der Waals surface area contributed by atoms with Crippen LogP contribution in [0.2, 0.25) is 0 Å². The van der Waals surface area contributed by atoms with Crippen LogP contribution in [0.15, 0.2) is 30.3 Å². The molecule has 1 aromatic carbocycles. The van der Waals surface area contributed by atoms with Gasteiger partial charge in [0.05, 0.1) is 19.7 Å². The molecular formula is C20H18F3N3O5. The average molecular weight is 437 g/mol. The molecule has 2 heterocycles. The van der Waals surface area contributed by atoms with Crippen molar-refractivity contribution in [3.63, 3.8) is 0 Å². The van der Waals surface area contributed by atoms with Gasteiger partial charge in [0.25, 0.3) is 5.91 Å². The fourth-order valence-electron chi connectivity index (χ4n) is 3.15. The number of halogens is 3. The van der Waals surface area contributed by atoms with Crippen molar-refractivity contribution in [2.75, 3.05) is 14.2 Å². The summed E-state index contributed by atoms with van der Waals surface area (Å²) in [7, 11) is 2.24. The Labute approximate surface area is 173 Å². The molecule has 0 spiro atoms. The number of benzene rings is 1. The van der Waals surface area contributed by atoms with Gasteiger partial charge in [0.2, 0.25) is 0 Å². The van der Waals surface area contributed by atoms with Gasteiger partial charge >= 0.3 is 18.1 Å². The van der Waals surface area contributed by atoms with Gasteiger partial charge in [-0.15, -0.1) is 0 Å². The molecule has 3 aromatic rings. The molecule has 3 rings (SSSR count). The molecule has 0 aliphatic rings. The van der Waals surface area contributed by atoms with Crippen molar-refractivity contribution >= 4 is 39.7 Å². The zero-order chi connectivity index (χ0) is 22.8. The highest BCUT2D eigenvalue weighted by Crippen LogP contribution is 2.36. The van der Waals surface area contributed by atoms with E-state index in [1.807, 2.05) is 0 Å². The first-order valence-electron chi connectivity index (χ1n) is 9.10. The predicted octanol–water partition coefficient (Wildman–Crippen LogP) is 2.96. The molecule has 0 radical (unpaired) electrons. The van der Waals surface area contributed by atoms with Gasteiger partial charge in [-0.05, 0) is 18.6 Å². The lowest BCUT2D eigenvalue weighted by molar-refractivity contribution is -0.144. The van der Waals surface area contributed by atoms with Crippen LogP contribution in [0.25, 0.3) is 21.8 Å². The molecule has 2 N–H and O–H groups in total. The minimum atomic E-state index is -4.83. The lowest BCUT2D eigenvalue weighted by Crippen LogP contribution is -2.42. The number of aromatic amines is 1. The number of ether oxygens (including phenoxy) is 2. The maximum absolute atomic E-state index is 13.6. The predicted molar refractivity (Wildman–Crippen MR) is 103 cm³/mol. The number of alkyl halides is 3. The van der Waals surface area contributed by atoms with Crippen molar-refractivity contribution in [3.05, 3.63) is 41.7 Å². The molecule has 0 unspecified atom stereocenters. The third kappa shape index (κ3) is 4.60. The molecule has 0 fully saturated rings. The lowest BCUT2D eigenvalue weighted by Gasteiger charge is -2.16. The molecule has 1 atom stereocenters. The normalized spacial score (nSPS) is 12.5. The second-order valence-electron chi connectivity index (χ2n) is 6.61. The maximum Gasteiger partial charge on any atom is 0.435 e. The molecule has 11 heteroatoms. The number of hydrogen-bond acceptors (Lipinski definition) is 6. The quantitative estimate of drug-likeness (QED) is 0.574. The second-order valence-corrected chi connectivity index (χ2v) is 6.61. The number of amides is 1. The van der Waals surface area contributed by atoms with Crippen molar-refractivity contribution in [3.8, 4) is 0 Å². The second kappa shape index (κ2) is 8.62. The Bertz CT molecular complexity index is 1160. The Morgan fingerprint density at radius 3 is 2.48 bits per heavy atom. The fourth-order valence-corrected chi connectivity index (χ4v) is 3.15. The van der Waals surface area contributed by atoms with Crippen molar-refractivity contribution in [2.24, 2.45) is 0 Å². The maximum atomic E-state index is 13.6. The van der Waals surface area contributed by atoms with Crippen molar-refractivity contribution < 1.29 is 37.0 Å². The summed E-state index contributed by atoms with van der Waals surface area (Å²) in [5, 5.41) is 2.93. The molecular weight excluding hydrogens is 419 g/mol. The van der Waals surface area contributed by atoms with Gasteiger partial charge in [0.15, 0.2) is 5.69 Å². The van der Waals surface area contributed by atoms with E-state index in [-0.39, 0.29) is 23.7 Å². The number of nitrogens with zero attached hydrogens (tertiary/aromatic N) is 1. The number of fused-ring (bicyclic) bond motifs is 3. The van der Waals surface area contributed by atoms with E-state index in [9.17, 15) is 27.6 Å². The highest BCUT2D eigenvalue weighted by Gasteiger charge is 2.37. The number of para-hydroxylation sites is 1. The molecule has 0 saturated carbocycles. The van der Waals surface area contributed by atoms with Crippen LogP contribution in [0.3, 0.4) is 0 Å². The summed E-state index contributed by atoms with van der Waals surface area (Å²) < 4.78 is 50.0. The summed E-state index contributed by atoms with van der Waals surface area (Å²) in [5.41, 5.74) is -1.58. The van der Waals surface area contributed by atoms with E-state index in [4.69, 9.17) is 0 Å². The minimum Gasteiger partial charge on any atom is -0.469 e. The van der Waals surface area contributed by atoms with Crippen LogP contribution in [-0.4, -0.2) is 48.1 Å². The van der Waals surface area contributed by atoms with Gasteiger partial charge in [0.1, 0.15) is 11.7 Å². The highest BCUT2D eigenvalue weighted by molar-refractivity contribution is 6.10. The van der Waals surface area contributed by atoms with Gasteiger partial charge in [-0.1, -0.05) is 18.2 Å². The molecule has 0 aliphatic carbocycles. The monoisotopic (exact) mass is 437 g/mol. The smallest absolute Gasteiger partial charge is 0.435 e. The number of rotatable bonds is 6. The van der Waals surface area contributed by atoms with Crippen LogP contribution in [-0.2, 0) is 25.2 Å². The van der Waals surface area contributed by atoms with E-state index >= 15 is 0 Å². The third-order valence-corrected chi connectivity index (χ3v) is 4.65. The first-order chi connectivity index (χ1) is 14.7. The zero-order valence-corrected chi connectivity index (χ0v) is 16.5. The molecule has 31 heavy (non-hydrogen) atoms. The Morgan fingerprint density at radius 1 is 1.13 bits per heavy atom. The van der Waals surface area contributed by atoms with Crippen molar-refractivity contribution in [2.45, 2.75) is 25.1 Å². The van der Waals surface area contributed by atoms with Gasteiger partial charge in [-0.2, -0.15) is 13.2 Å². The molecule has 2 aromatic heterocycles. The van der Waals surface area contributed by atoms with E-state index in [2.05, 4.69) is 24.8 Å². The van der Waals surface area contributed by atoms with Gasteiger partial charge in [-0.25, -0.2) is 9.78 Å². The van der Waals surface area contributed by atoms with E-state index < -0.39 is 41.5 Å². The summed E-state index contributed by atoms with van der Waals surface area (Å²) in [5.74, 6) is -2.50. The third-order valence-electron chi connectivity index (χ3n) is 4.65. The van der Waals surface area contributed by atoms with E-state index in [1.165, 1.54) is 6.07 Å². The molecule has 164 valence electrons. The van der Waals surface area contributed by atoms with E-state index in [0.717, 1.165) is 14.2 Å². The van der Waals surface area contributed by atoms with Crippen LogP contribution < -0.4 is 5.32 Å². The number of esters is 2. The number of carbonyl (C=O) groups excluding carboxylic acids is 3. The number of H-pyrrole nitrogens is 1. The van der Waals surface area contributed by atoms with Crippen LogP contribution in [0.4, 0.5) is 13.2 Å². The summed E-state index contributed by atoms with van der Waals surface area (Å²) in [6.07, 6.45) is -5.20. The number of carbonyl (C=O) groups is 3. The van der Waals surface area contributed by atoms with Crippen LogP contribution in [0, 0.1) is 0 Å². The summed E-state index contributed by atoms with van der Waals surface area (Å²) in [6.45, 7) is 0. The average Bonchev–Trinajstić information content (AvgIpc) is 3.12. The molecule has 0 bridgehead atoms. The van der Waals surface area contributed by atoms with E-state index in [0.29, 0.717) is 10.9 Å². The first kappa shape index (κ1) is 22.1. The largest absolute Gasteiger partial charge is 0.469 e. The molecule has 1 amide bonds. The Morgan fingerprint density at radius 2 is 1.84 bits per heavy atom. The SMILES string of the molecule is COC(=O)CC[C@H](NC(=O)c1cc2c([nH]c3ccccc32)c(C(F)(F)F)n1)C(=O)OC. The Balaban J connectivity index is 2.02. The van der Waals surface area contributed by atoms with Crippen molar-refractivity contribution in [1.82, 2.24) is 15.3 Å². The van der Waals surface area contributed by atoms with Gasteiger partial charge < -0.3 is 19.8 Å². The zero-order valence-electron chi connectivity index (χ0n) is 16.5. The van der Waals surface area contributed by atoms with E-state index in [1.54, 1.807) is 24.3 Å². The molecule has 8 nitrogen and oxygen atoms in total. The molecule has 0 saturated heterocycles. The number of pyridine rings is 1. The summed E-state index contributed by atoms with van der Waals surface area (Å²) in [6, 6.07) is 6.48. The number of aromatic nitrogens is 2. The van der Waals surface area contributed by atoms with Gasteiger partial charge in [-0.3, -0.25) is 9.59 Å². The summed E-state index contributed by atoms with van der Waals surface area (Å²) in [4.78, 5) is 42.2. The van der Waals surface area contributed by atoms with Crippen molar-refractivity contribution in [1.29, 1.82) is 0 Å². The standard InChI is InChI=1S/C20H18F3N3O5/c1-30-15(27)8-7-13(19(29)31-2)26-18(28)14-9-11-10-5-3-4-6-12(10)24-16(11)17(25-14)20(21,22)23/h3-6,9,13,24H,7-8H2,1-2H3,(H,26,28)/t13-/m0/s1. The fraction of sp³-hybridized carbons (Fsp3) is 0.300.